The molecule has 0 aliphatic rings. The Balaban J connectivity index is -0.000000367. The summed E-state index contributed by atoms with van der Waals surface area (Å²) in [5.41, 5.74) is 0. The number of unbranched alkanes of at least 4 members (excludes halogenated alkanes) is 18. The summed E-state index contributed by atoms with van der Waals surface area (Å²) >= 11 is 0. The van der Waals surface area contributed by atoms with Gasteiger partial charge in [-0.25, -0.2) is 0 Å². The van der Waals surface area contributed by atoms with Crippen molar-refractivity contribution in [2.75, 3.05) is 52.4 Å². The second-order valence-electron chi connectivity index (χ2n) is 13.0. The normalized spacial score (nSPS) is 10.5. The minimum absolute atomic E-state index is 0. The zero-order chi connectivity index (χ0) is 33.0. The van der Waals surface area contributed by atoms with Gasteiger partial charge < -0.3 is 19.3 Å². The molecule has 0 bridgehead atoms. The van der Waals surface area contributed by atoms with E-state index < -0.39 is 0 Å². The summed E-state index contributed by atoms with van der Waals surface area (Å²) in [6.07, 6.45) is 50.0. The van der Waals surface area contributed by atoms with Gasteiger partial charge in [-0.2, -0.15) is 0 Å². The molecule has 0 spiro atoms. The van der Waals surface area contributed by atoms with Gasteiger partial charge in [0.2, 0.25) is 0 Å². The van der Waals surface area contributed by atoms with Crippen LogP contribution in [0.3, 0.4) is 0 Å². The van der Waals surface area contributed by atoms with E-state index in [-0.39, 0.29) is 14.9 Å². The Labute approximate surface area is 292 Å². The van der Waals surface area contributed by atoms with Crippen molar-refractivity contribution in [2.24, 2.45) is 0 Å². The van der Waals surface area contributed by atoms with E-state index in [1.54, 1.807) is 0 Å². The van der Waals surface area contributed by atoms with Crippen LogP contribution in [0.15, 0.2) is 38.0 Å². The van der Waals surface area contributed by atoms with E-state index >= 15 is 0 Å². The molecule has 0 heterocycles. The van der Waals surface area contributed by atoms with Gasteiger partial charge in [0.1, 0.15) is 19.6 Å². The second-order valence-corrected chi connectivity index (χ2v) is 13.0. The number of hydrogen-bond donors (Lipinski definition) is 0. The predicted molar refractivity (Wildman–Crippen MR) is 213 cm³/mol. The number of quaternary nitrogens is 2. The molecule has 2 heteroatoms. The largest absolute Gasteiger partial charge is 0.358 e. The fourth-order valence-electron chi connectivity index (χ4n) is 6.17. The molecule has 2 nitrogen and oxygen atoms in total. The molecule has 266 valence electrons. The molecule has 0 N–H and O–H groups in total. The third-order valence-corrected chi connectivity index (χ3v) is 8.80. The molecule has 0 radical (unpaired) electrons. The van der Waals surface area contributed by atoms with Crippen LogP contribution in [0.25, 0.3) is 0 Å². The number of terminal acetylenes is 3. The van der Waals surface area contributed by atoms with Crippen molar-refractivity contribution < 1.29 is 8.97 Å². The molecule has 0 atom stereocenters. The summed E-state index contributed by atoms with van der Waals surface area (Å²) in [6.45, 7) is 23.6. The van der Waals surface area contributed by atoms with Crippen LogP contribution in [0.2, 0.25) is 0 Å². The van der Waals surface area contributed by atoms with Crippen LogP contribution in [-0.4, -0.2) is 61.3 Å². The minimum Gasteiger partial charge on any atom is -0.358 e. The first-order chi connectivity index (χ1) is 21.5. The zero-order valence-electron chi connectivity index (χ0n) is 31.8. The van der Waals surface area contributed by atoms with Crippen LogP contribution in [0, 0.1) is 51.9 Å². The summed E-state index contributed by atoms with van der Waals surface area (Å²) in [4.78, 5) is 0. The Bertz CT molecular complexity index is 719. The van der Waals surface area contributed by atoms with E-state index in [1.165, 1.54) is 135 Å². The lowest BCUT2D eigenvalue weighted by Crippen LogP contribution is -2.49. The highest BCUT2D eigenvalue weighted by Gasteiger charge is 2.24. The third-order valence-electron chi connectivity index (χ3n) is 8.80. The molecule has 0 unspecified atom stereocenters. The Morgan fingerprint density at radius 1 is 0.413 bits per heavy atom. The Morgan fingerprint density at radius 3 is 0.891 bits per heavy atom. The number of rotatable bonds is 31. The van der Waals surface area contributed by atoms with Crippen molar-refractivity contribution in [2.45, 2.75) is 142 Å². The molecule has 0 fully saturated rings. The van der Waals surface area contributed by atoms with Crippen LogP contribution >= 0.6 is 0 Å². The average molecular weight is 637 g/mol. The van der Waals surface area contributed by atoms with E-state index in [2.05, 4.69) is 51.3 Å². The fourth-order valence-corrected chi connectivity index (χ4v) is 6.17. The monoisotopic (exact) mass is 637 g/mol. The van der Waals surface area contributed by atoms with Gasteiger partial charge in [0, 0.05) is 0 Å². The van der Waals surface area contributed by atoms with Gasteiger partial charge in [0.15, 0.2) is 0 Å². The first kappa shape index (κ1) is 50.7. The topological polar surface area (TPSA) is 0 Å². The first-order valence-electron chi connectivity index (χ1n) is 18.3. The molecule has 0 rings (SSSR count). The van der Waals surface area contributed by atoms with Crippen LogP contribution in [0.1, 0.15) is 142 Å². The Hall–Kier alpha value is -2.18. The van der Waals surface area contributed by atoms with Crippen molar-refractivity contribution >= 4 is 0 Å². The van der Waals surface area contributed by atoms with E-state index in [0.29, 0.717) is 24.1 Å². The molecule has 0 aliphatic heterocycles. The molecule has 0 saturated heterocycles. The van der Waals surface area contributed by atoms with Crippen molar-refractivity contribution in [1.82, 2.24) is 0 Å². The van der Waals surface area contributed by atoms with Gasteiger partial charge >= 0.3 is 0 Å². The lowest BCUT2D eigenvalue weighted by molar-refractivity contribution is -0.912. The van der Waals surface area contributed by atoms with E-state index in [4.69, 9.17) is 19.3 Å². The molecule has 0 aromatic heterocycles. The molecular formula is C44H80N2. The maximum Gasteiger partial charge on any atom is 0.142 e. The molecule has 0 saturated carbocycles. The maximum absolute atomic E-state index is 5.49. The lowest BCUT2D eigenvalue weighted by Gasteiger charge is -2.36. The molecule has 0 amide bonds. The van der Waals surface area contributed by atoms with E-state index in [9.17, 15) is 0 Å². The predicted octanol–water partition coefficient (Wildman–Crippen LogP) is 11.8. The first-order valence-corrected chi connectivity index (χ1v) is 18.3. The van der Waals surface area contributed by atoms with Crippen LogP contribution in [-0.2, 0) is 0 Å². The molecule has 0 aromatic carbocycles. The maximum atomic E-state index is 5.49. The minimum atomic E-state index is 0. The van der Waals surface area contributed by atoms with Gasteiger partial charge in [-0.05, 0) is 61.7 Å². The van der Waals surface area contributed by atoms with Crippen molar-refractivity contribution in [1.29, 1.82) is 0 Å². The summed E-state index contributed by atoms with van der Waals surface area (Å²) in [5, 5.41) is 0. The highest BCUT2D eigenvalue weighted by molar-refractivity contribution is 4.93. The molecule has 0 aromatic rings. The standard InChI is InChI=1S/C21H40N.C21H34N.2CH3/c2*1-5-9-10-11-12-13-14-15-16-17-21-22(18-6-2,19-7-3)20-8-4;;/h6-8H,2-5,9-21H2,1H3;2-4H,5,9-21H2,1H3;2*1H3/q2*+1;2*-1. The van der Waals surface area contributed by atoms with Crippen molar-refractivity contribution in [3.05, 3.63) is 52.8 Å². The highest BCUT2D eigenvalue weighted by Crippen LogP contribution is 2.15. The number of hydrogen-bond acceptors (Lipinski definition) is 0. The van der Waals surface area contributed by atoms with Gasteiger partial charge in [-0.1, -0.05) is 136 Å². The Kier molecular flexibility index (Phi) is 43.0. The smallest absolute Gasteiger partial charge is 0.142 e. The van der Waals surface area contributed by atoms with E-state index in [0.717, 1.165) is 30.7 Å². The van der Waals surface area contributed by atoms with Crippen LogP contribution in [0.5, 0.6) is 0 Å². The fraction of sp³-hybridized carbons (Fsp3) is 0.682. The lowest BCUT2D eigenvalue weighted by atomic mass is 10.1. The Morgan fingerprint density at radius 2 is 0.652 bits per heavy atom. The molecule has 0 aliphatic carbocycles. The van der Waals surface area contributed by atoms with Crippen molar-refractivity contribution in [3.63, 3.8) is 0 Å². The average Bonchev–Trinajstić information content (AvgIpc) is 3.00. The second kappa shape index (κ2) is 39.0. The summed E-state index contributed by atoms with van der Waals surface area (Å²) in [5.74, 6) is 8.23. The zero-order valence-corrected chi connectivity index (χ0v) is 31.8. The molecular weight excluding hydrogens is 556 g/mol. The van der Waals surface area contributed by atoms with Gasteiger partial charge in [-0.15, -0.1) is 19.3 Å². The highest BCUT2D eigenvalue weighted by atomic mass is 15.3. The third kappa shape index (κ3) is 30.5. The van der Waals surface area contributed by atoms with Crippen molar-refractivity contribution in [3.8, 4) is 37.0 Å². The van der Waals surface area contributed by atoms with Crippen LogP contribution < -0.4 is 0 Å². The van der Waals surface area contributed by atoms with E-state index in [1.807, 2.05) is 18.2 Å². The van der Waals surface area contributed by atoms with Gasteiger partial charge in [0.25, 0.3) is 0 Å². The van der Waals surface area contributed by atoms with Gasteiger partial charge in [0.05, 0.1) is 32.7 Å². The quantitative estimate of drug-likeness (QED) is 0.0233. The SMILES string of the molecule is C#CC[N+](CC#C)(CC#C)CCCCCCCCCCCC.C=CC[N+](CC=C)(CC=C)CCCCCCCCCCCC.[CH3-].[CH3-]. The van der Waals surface area contributed by atoms with Crippen LogP contribution in [0.4, 0.5) is 0 Å². The number of nitrogens with zero attached hydrogens (tertiary/aromatic N) is 2. The van der Waals surface area contributed by atoms with Gasteiger partial charge in [-0.3, -0.25) is 4.48 Å². The summed E-state index contributed by atoms with van der Waals surface area (Å²) in [7, 11) is 0. The summed E-state index contributed by atoms with van der Waals surface area (Å²) < 4.78 is 1.74. The molecule has 46 heavy (non-hydrogen) atoms. The summed E-state index contributed by atoms with van der Waals surface area (Å²) in [6, 6.07) is 0.